The summed E-state index contributed by atoms with van der Waals surface area (Å²) >= 11 is 0. The number of pyridine rings is 1. The minimum Gasteiger partial charge on any atom is -0.365 e. The molecule has 2 heterocycles. The number of ether oxygens (including phenoxy) is 1. The zero-order valence-electron chi connectivity index (χ0n) is 13.7. The molecule has 1 aliphatic rings. The summed E-state index contributed by atoms with van der Waals surface area (Å²) in [7, 11) is 0. The molecule has 0 aliphatic carbocycles. The normalized spacial score (nSPS) is 16.9. The van der Waals surface area contributed by atoms with Crippen LogP contribution in [0.25, 0.3) is 0 Å². The Morgan fingerprint density at radius 2 is 1.92 bits per heavy atom. The first-order valence-corrected chi connectivity index (χ1v) is 8.01. The summed E-state index contributed by atoms with van der Waals surface area (Å²) in [5.74, 6) is -4.70. The van der Waals surface area contributed by atoms with Crippen LogP contribution in [0.5, 0.6) is 0 Å². The quantitative estimate of drug-likeness (QED) is 0.696. The highest BCUT2D eigenvalue weighted by Gasteiger charge is 2.41. The Balaban J connectivity index is 1.75. The van der Waals surface area contributed by atoms with Crippen LogP contribution in [-0.4, -0.2) is 72.4 Å². The van der Waals surface area contributed by atoms with Gasteiger partial charge in [-0.3, -0.25) is 14.7 Å². The summed E-state index contributed by atoms with van der Waals surface area (Å²) in [5.41, 5.74) is 1.12. The summed E-state index contributed by atoms with van der Waals surface area (Å²) < 4.78 is 54.1. The molecular formula is C16H21F4N3O2. The largest absolute Gasteiger partial charge is 0.365 e. The fourth-order valence-electron chi connectivity index (χ4n) is 2.55. The molecule has 1 aromatic rings. The molecule has 1 aromatic heterocycles. The highest BCUT2D eigenvalue weighted by Crippen LogP contribution is 2.22. The molecule has 1 amide bonds. The molecule has 9 heteroatoms. The van der Waals surface area contributed by atoms with Gasteiger partial charge in [0.25, 0.3) is 0 Å². The van der Waals surface area contributed by atoms with E-state index in [0.29, 0.717) is 19.6 Å². The standard InChI is InChI=1S/C16H21F4N3O2/c17-15(18)16(19,20)12-25-11-14(24)23-7-1-6-22(8-9-23)10-13-2-4-21-5-3-13/h2-5,15H,1,6-12H2. The Hall–Kier alpha value is -1.74. The summed E-state index contributed by atoms with van der Waals surface area (Å²) in [6, 6.07) is 3.84. The molecule has 0 N–H and O–H groups in total. The summed E-state index contributed by atoms with van der Waals surface area (Å²) in [6.45, 7) is 1.03. The van der Waals surface area contributed by atoms with Crippen molar-refractivity contribution in [3.8, 4) is 0 Å². The van der Waals surface area contributed by atoms with Gasteiger partial charge in [0.2, 0.25) is 5.91 Å². The van der Waals surface area contributed by atoms with E-state index >= 15 is 0 Å². The lowest BCUT2D eigenvalue weighted by atomic mass is 10.2. The van der Waals surface area contributed by atoms with Crippen molar-refractivity contribution >= 4 is 5.91 Å². The Kier molecular flexibility index (Phi) is 7.12. The van der Waals surface area contributed by atoms with Crippen molar-refractivity contribution in [2.75, 3.05) is 39.4 Å². The number of hydrogen-bond donors (Lipinski definition) is 0. The highest BCUT2D eigenvalue weighted by atomic mass is 19.3. The average Bonchev–Trinajstić information content (AvgIpc) is 2.81. The van der Waals surface area contributed by atoms with E-state index in [1.165, 1.54) is 4.90 Å². The van der Waals surface area contributed by atoms with Gasteiger partial charge < -0.3 is 9.64 Å². The number of rotatable bonds is 7. The number of carbonyl (C=O) groups excluding carboxylic acids is 1. The molecule has 1 saturated heterocycles. The third-order valence-corrected chi connectivity index (χ3v) is 3.94. The van der Waals surface area contributed by atoms with Crippen LogP contribution in [0.2, 0.25) is 0 Å². The molecule has 0 atom stereocenters. The van der Waals surface area contributed by atoms with E-state index < -0.39 is 31.5 Å². The molecular weight excluding hydrogens is 342 g/mol. The molecule has 1 aliphatic heterocycles. The van der Waals surface area contributed by atoms with Crippen molar-refractivity contribution in [2.24, 2.45) is 0 Å². The zero-order valence-corrected chi connectivity index (χ0v) is 13.7. The Morgan fingerprint density at radius 1 is 1.20 bits per heavy atom. The molecule has 0 aromatic carbocycles. The Labute approximate surface area is 143 Å². The molecule has 0 spiro atoms. The van der Waals surface area contributed by atoms with Gasteiger partial charge in [0.15, 0.2) is 0 Å². The maximum Gasteiger partial charge on any atom is 0.330 e. The smallest absolute Gasteiger partial charge is 0.330 e. The van der Waals surface area contributed by atoms with Crippen LogP contribution >= 0.6 is 0 Å². The molecule has 1 fully saturated rings. The van der Waals surface area contributed by atoms with Gasteiger partial charge in [-0.05, 0) is 24.1 Å². The van der Waals surface area contributed by atoms with Gasteiger partial charge in [-0.25, -0.2) is 8.78 Å². The Morgan fingerprint density at radius 3 is 2.60 bits per heavy atom. The van der Waals surface area contributed by atoms with Gasteiger partial charge in [-0.1, -0.05) is 0 Å². The van der Waals surface area contributed by atoms with Gasteiger partial charge in [-0.15, -0.1) is 0 Å². The molecule has 0 unspecified atom stereocenters. The number of carbonyl (C=O) groups is 1. The van der Waals surface area contributed by atoms with Crippen LogP contribution in [0.1, 0.15) is 12.0 Å². The number of nitrogens with zero attached hydrogens (tertiary/aromatic N) is 3. The van der Waals surface area contributed by atoms with Crippen molar-refractivity contribution in [1.82, 2.24) is 14.8 Å². The summed E-state index contributed by atoms with van der Waals surface area (Å²) in [6.07, 6.45) is 0.372. The van der Waals surface area contributed by atoms with Crippen molar-refractivity contribution < 1.29 is 27.1 Å². The fourth-order valence-corrected chi connectivity index (χ4v) is 2.55. The van der Waals surface area contributed by atoms with Crippen molar-refractivity contribution in [3.05, 3.63) is 30.1 Å². The van der Waals surface area contributed by atoms with Crippen LogP contribution in [0.3, 0.4) is 0 Å². The van der Waals surface area contributed by atoms with Crippen LogP contribution in [0.15, 0.2) is 24.5 Å². The Bertz CT molecular complexity index is 545. The van der Waals surface area contributed by atoms with E-state index in [2.05, 4.69) is 14.6 Å². The van der Waals surface area contributed by atoms with Crippen molar-refractivity contribution in [3.63, 3.8) is 0 Å². The van der Waals surface area contributed by atoms with E-state index in [1.807, 2.05) is 12.1 Å². The van der Waals surface area contributed by atoms with Gasteiger partial charge in [0.1, 0.15) is 13.2 Å². The zero-order chi connectivity index (χ0) is 18.3. The number of alkyl halides is 4. The molecule has 2 rings (SSSR count). The van der Waals surface area contributed by atoms with E-state index in [1.54, 1.807) is 12.4 Å². The lowest BCUT2D eigenvalue weighted by Crippen LogP contribution is -2.39. The second-order valence-corrected chi connectivity index (χ2v) is 5.92. The average molecular weight is 363 g/mol. The first-order chi connectivity index (χ1) is 11.9. The van der Waals surface area contributed by atoms with E-state index in [0.717, 1.165) is 25.1 Å². The van der Waals surface area contributed by atoms with Gasteiger partial charge in [0, 0.05) is 45.1 Å². The van der Waals surface area contributed by atoms with Crippen molar-refractivity contribution in [2.45, 2.75) is 25.3 Å². The second kappa shape index (κ2) is 9.10. The summed E-state index contributed by atoms with van der Waals surface area (Å²) in [5, 5.41) is 0. The number of halogens is 4. The van der Waals surface area contributed by atoms with E-state index in [4.69, 9.17) is 0 Å². The molecule has 0 saturated carbocycles. The maximum absolute atomic E-state index is 12.8. The number of aromatic nitrogens is 1. The van der Waals surface area contributed by atoms with Gasteiger partial charge in [-0.2, -0.15) is 8.78 Å². The fraction of sp³-hybridized carbons (Fsp3) is 0.625. The molecule has 5 nitrogen and oxygen atoms in total. The third-order valence-electron chi connectivity index (χ3n) is 3.94. The van der Waals surface area contributed by atoms with Crippen LogP contribution in [-0.2, 0) is 16.1 Å². The SMILES string of the molecule is O=C(COCC(F)(F)C(F)F)N1CCCN(Cc2ccncc2)CC1. The summed E-state index contributed by atoms with van der Waals surface area (Å²) in [4.78, 5) is 19.7. The molecule has 0 bridgehead atoms. The predicted octanol–water partition coefficient (Wildman–Crippen LogP) is 2.03. The third kappa shape index (κ3) is 6.24. The van der Waals surface area contributed by atoms with Gasteiger partial charge >= 0.3 is 12.3 Å². The maximum atomic E-state index is 12.8. The van der Waals surface area contributed by atoms with Crippen LogP contribution < -0.4 is 0 Å². The minimum atomic E-state index is -4.24. The predicted molar refractivity (Wildman–Crippen MR) is 82.5 cm³/mol. The number of amides is 1. The lowest BCUT2D eigenvalue weighted by Gasteiger charge is -2.22. The van der Waals surface area contributed by atoms with Gasteiger partial charge in [0.05, 0.1) is 0 Å². The highest BCUT2D eigenvalue weighted by molar-refractivity contribution is 5.77. The van der Waals surface area contributed by atoms with Crippen LogP contribution in [0, 0.1) is 0 Å². The second-order valence-electron chi connectivity index (χ2n) is 5.92. The topological polar surface area (TPSA) is 45.7 Å². The molecule has 140 valence electrons. The first kappa shape index (κ1) is 19.6. The molecule has 0 radical (unpaired) electrons. The first-order valence-electron chi connectivity index (χ1n) is 8.01. The van der Waals surface area contributed by atoms with Crippen molar-refractivity contribution in [1.29, 1.82) is 0 Å². The lowest BCUT2D eigenvalue weighted by molar-refractivity contribution is -0.170. The monoisotopic (exact) mass is 363 g/mol. The minimum absolute atomic E-state index is 0.443. The molecule has 25 heavy (non-hydrogen) atoms. The van der Waals surface area contributed by atoms with E-state index in [-0.39, 0.29) is 0 Å². The number of hydrogen-bond acceptors (Lipinski definition) is 4. The van der Waals surface area contributed by atoms with Crippen LogP contribution in [0.4, 0.5) is 17.6 Å². The van der Waals surface area contributed by atoms with E-state index in [9.17, 15) is 22.4 Å².